The molecule has 0 saturated heterocycles. The molecule has 1 atom stereocenters. The minimum absolute atomic E-state index is 0.111. The van der Waals surface area contributed by atoms with Gasteiger partial charge in [-0.3, -0.25) is 10.1 Å². The lowest BCUT2D eigenvalue weighted by atomic mass is 10.0. The van der Waals surface area contributed by atoms with Crippen LogP contribution in [0.25, 0.3) is 10.6 Å². The van der Waals surface area contributed by atoms with Crippen molar-refractivity contribution >= 4 is 34.1 Å². The molecular weight excluding hydrogens is 386 g/mol. The number of hydrogen-bond acceptors (Lipinski definition) is 5. The smallest absolute Gasteiger partial charge is 0.319 e. The molecule has 0 fully saturated rings. The summed E-state index contributed by atoms with van der Waals surface area (Å²) in [5.74, 6) is -0.449. The van der Waals surface area contributed by atoms with Crippen LogP contribution in [0.1, 0.15) is 19.4 Å². The molecule has 0 spiro atoms. The molecular formula is C21H23N5O2S. The molecule has 1 unspecified atom stereocenters. The minimum atomic E-state index is -0.719. The summed E-state index contributed by atoms with van der Waals surface area (Å²) in [7, 11) is 0. The number of benzene rings is 2. The van der Waals surface area contributed by atoms with E-state index < -0.39 is 12.1 Å². The van der Waals surface area contributed by atoms with Crippen LogP contribution in [0.4, 0.5) is 15.6 Å². The first-order chi connectivity index (χ1) is 13.9. The van der Waals surface area contributed by atoms with Gasteiger partial charge in [-0.15, -0.1) is 10.2 Å². The Kier molecular flexibility index (Phi) is 6.56. The first-order valence-corrected chi connectivity index (χ1v) is 10.1. The van der Waals surface area contributed by atoms with E-state index in [1.54, 1.807) is 6.07 Å². The third kappa shape index (κ3) is 5.61. The number of carbonyl (C=O) groups is 2. The number of urea groups is 1. The van der Waals surface area contributed by atoms with E-state index in [-0.39, 0.29) is 11.8 Å². The van der Waals surface area contributed by atoms with Crippen molar-refractivity contribution < 1.29 is 9.59 Å². The maximum atomic E-state index is 12.7. The fourth-order valence-electron chi connectivity index (χ4n) is 2.72. The average Bonchev–Trinajstić information content (AvgIpc) is 3.15. The van der Waals surface area contributed by atoms with Gasteiger partial charge in [-0.2, -0.15) is 0 Å². The number of aromatic nitrogens is 2. The number of aryl methyl sites for hydroxylation is 1. The van der Waals surface area contributed by atoms with Crippen molar-refractivity contribution in [1.29, 1.82) is 0 Å². The van der Waals surface area contributed by atoms with Gasteiger partial charge in [0.25, 0.3) is 0 Å². The zero-order valence-corrected chi connectivity index (χ0v) is 17.3. The first kappa shape index (κ1) is 20.5. The Bertz CT molecular complexity index is 988. The Morgan fingerprint density at radius 1 is 0.966 bits per heavy atom. The van der Waals surface area contributed by atoms with Crippen LogP contribution in [0.5, 0.6) is 0 Å². The summed E-state index contributed by atoms with van der Waals surface area (Å²) in [4.78, 5) is 25.1. The van der Waals surface area contributed by atoms with E-state index in [0.29, 0.717) is 15.8 Å². The van der Waals surface area contributed by atoms with Crippen LogP contribution in [0, 0.1) is 12.8 Å². The van der Waals surface area contributed by atoms with Crippen LogP contribution in [-0.2, 0) is 4.79 Å². The summed E-state index contributed by atoms with van der Waals surface area (Å²) in [5, 5.41) is 17.5. The van der Waals surface area contributed by atoms with E-state index in [1.165, 1.54) is 11.3 Å². The molecule has 29 heavy (non-hydrogen) atoms. The zero-order valence-electron chi connectivity index (χ0n) is 16.5. The number of carbonyl (C=O) groups excluding carboxylic acids is 2. The van der Waals surface area contributed by atoms with Gasteiger partial charge in [0.2, 0.25) is 11.0 Å². The van der Waals surface area contributed by atoms with Gasteiger partial charge in [-0.05, 0) is 30.5 Å². The summed E-state index contributed by atoms with van der Waals surface area (Å²) >= 11 is 1.28. The van der Waals surface area contributed by atoms with Crippen molar-refractivity contribution in [2.24, 2.45) is 5.92 Å². The third-order valence-corrected chi connectivity index (χ3v) is 5.08. The molecule has 3 aromatic rings. The number of nitrogens with zero attached hydrogens (tertiary/aromatic N) is 2. The summed E-state index contributed by atoms with van der Waals surface area (Å²) < 4.78 is 0. The lowest BCUT2D eigenvalue weighted by Crippen LogP contribution is -2.48. The highest BCUT2D eigenvalue weighted by Crippen LogP contribution is 2.26. The molecule has 3 rings (SSSR count). The van der Waals surface area contributed by atoms with Crippen LogP contribution in [0.15, 0.2) is 54.6 Å². The summed E-state index contributed by atoms with van der Waals surface area (Å²) in [6.45, 7) is 5.68. The predicted molar refractivity (Wildman–Crippen MR) is 116 cm³/mol. The van der Waals surface area contributed by atoms with Gasteiger partial charge in [-0.25, -0.2) is 4.79 Å². The van der Waals surface area contributed by atoms with E-state index in [1.807, 2.05) is 69.3 Å². The SMILES string of the molecule is Cc1cccc(NC(=O)NC(C(=O)Nc2nnc(-c3ccccc3)s2)C(C)C)c1. The molecule has 150 valence electrons. The Balaban J connectivity index is 1.64. The third-order valence-electron chi connectivity index (χ3n) is 4.19. The molecule has 3 amide bonds. The Morgan fingerprint density at radius 3 is 2.41 bits per heavy atom. The number of hydrogen-bond donors (Lipinski definition) is 3. The first-order valence-electron chi connectivity index (χ1n) is 9.26. The molecule has 2 aromatic carbocycles. The second kappa shape index (κ2) is 9.29. The van der Waals surface area contributed by atoms with Crippen LogP contribution in [-0.4, -0.2) is 28.2 Å². The van der Waals surface area contributed by atoms with E-state index in [9.17, 15) is 9.59 Å². The van der Waals surface area contributed by atoms with Gasteiger partial charge in [-0.1, -0.05) is 67.6 Å². The quantitative estimate of drug-likeness (QED) is 0.566. The molecule has 0 aliphatic carbocycles. The molecule has 1 aromatic heterocycles. The van der Waals surface area contributed by atoms with Crippen molar-refractivity contribution in [3.8, 4) is 10.6 Å². The summed E-state index contributed by atoms with van der Waals surface area (Å²) in [5.41, 5.74) is 2.63. The number of rotatable bonds is 6. The van der Waals surface area contributed by atoms with E-state index in [2.05, 4.69) is 26.1 Å². The standard InChI is InChI=1S/C21H23N5O2S/c1-13(2)17(23-20(28)22-16-11-7-8-14(3)12-16)18(27)24-21-26-25-19(29-21)15-9-5-4-6-10-15/h4-13,17H,1-3H3,(H2,22,23,28)(H,24,26,27). The molecule has 7 nitrogen and oxygen atoms in total. The maximum absolute atomic E-state index is 12.7. The van der Waals surface area contributed by atoms with Gasteiger partial charge in [0.1, 0.15) is 11.0 Å². The van der Waals surface area contributed by atoms with Crippen LogP contribution in [0.3, 0.4) is 0 Å². The van der Waals surface area contributed by atoms with Crippen molar-refractivity contribution in [2.75, 3.05) is 10.6 Å². The fourth-order valence-corrected chi connectivity index (χ4v) is 3.47. The van der Waals surface area contributed by atoms with Gasteiger partial charge >= 0.3 is 6.03 Å². The largest absolute Gasteiger partial charge is 0.326 e. The van der Waals surface area contributed by atoms with Crippen LogP contribution < -0.4 is 16.0 Å². The van der Waals surface area contributed by atoms with Crippen molar-refractivity contribution in [3.63, 3.8) is 0 Å². The fraction of sp³-hybridized carbons (Fsp3) is 0.238. The maximum Gasteiger partial charge on any atom is 0.319 e. The minimum Gasteiger partial charge on any atom is -0.326 e. The van der Waals surface area contributed by atoms with Crippen molar-refractivity contribution in [2.45, 2.75) is 26.8 Å². The Labute approximate surface area is 173 Å². The molecule has 0 saturated carbocycles. The zero-order chi connectivity index (χ0) is 20.8. The second-order valence-corrected chi connectivity index (χ2v) is 7.93. The highest BCUT2D eigenvalue weighted by atomic mass is 32.1. The average molecular weight is 410 g/mol. The van der Waals surface area contributed by atoms with Gasteiger partial charge < -0.3 is 10.6 Å². The predicted octanol–water partition coefficient (Wildman–Crippen LogP) is 4.30. The highest BCUT2D eigenvalue weighted by Gasteiger charge is 2.25. The van der Waals surface area contributed by atoms with Gasteiger partial charge in [0.15, 0.2) is 0 Å². The number of anilines is 2. The Hall–Kier alpha value is -3.26. The molecule has 0 aliphatic heterocycles. The van der Waals surface area contributed by atoms with Crippen molar-refractivity contribution in [1.82, 2.24) is 15.5 Å². The van der Waals surface area contributed by atoms with E-state index in [0.717, 1.165) is 11.1 Å². The molecule has 1 heterocycles. The number of nitrogens with one attached hydrogen (secondary N) is 3. The summed E-state index contributed by atoms with van der Waals surface area (Å²) in [6, 6.07) is 15.9. The molecule has 0 bridgehead atoms. The molecule has 0 aliphatic rings. The van der Waals surface area contributed by atoms with E-state index >= 15 is 0 Å². The second-order valence-electron chi connectivity index (χ2n) is 6.96. The monoisotopic (exact) mass is 409 g/mol. The topological polar surface area (TPSA) is 96.0 Å². The molecule has 3 N–H and O–H groups in total. The normalized spacial score (nSPS) is 11.7. The number of amides is 3. The van der Waals surface area contributed by atoms with E-state index in [4.69, 9.17) is 0 Å². The van der Waals surface area contributed by atoms with Crippen molar-refractivity contribution in [3.05, 3.63) is 60.2 Å². The van der Waals surface area contributed by atoms with Gasteiger partial charge in [0.05, 0.1) is 0 Å². The highest BCUT2D eigenvalue weighted by molar-refractivity contribution is 7.18. The Morgan fingerprint density at radius 2 is 1.72 bits per heavy atom. The molecule has 8 heteroatoms. The summed E-state index contributed by atoms with van der Waals surface area (Å²) in [6.07, 6.45) is 0. The lowest BCUT2D eigenvalue weighted by molar-refractivity contribution is -0.118. The van der Waals surface area contributed by atoms with Crippen LogP contribution in [0.2, 0.25) is 0 Å². The van der Waals surface area contributed by atoms with Gasteiger partial charge in [0, 0.05) is 11.3 Å². The van der Waals surface area contributed by atoms with Crippen LogP contribution >= 0.6 is 11.3 Å². The lowest BCUT2D eigenvalue weighted by Gasteiger charge is -2.21. The molecule has 0 radical (unpaired) electrons.